The molecule has 4 heteroatoms. The third-order valence-corrected chi connectivity index (χ3v) is 4.76. The van der Waals surface area contributed by atoms with E-state index in [1.165, 1.54) is 0 Å². The fraction of sp³-hybridized carbons (Fsp3) is 0.929. The molecular weight excluding hydrogens is 236 g/mol. The van der Waals surface area contributed by atoms with Crippen LogP contribution in [0, 0.1) is 11.8 Å². The van der Waals surface area contributed by atoms with Crippen LogP contribution >= 0.6 is 0 Å². The predicted molar refractivity (Wildman–Crippen MR) is 66.5 cm³/mol. The zero-order chi connectivity index (χ0) is 13.3. The Morgan fingerprint density at radius 3 is 2.33 bits per heavy atom. The van der Waals surface area contributed by atoms with E-state index >= 15 is 0 Å². The minimum absolute atomic E-state index is 0.0447. The van der Waals surface area contributed by atoms with E-state index in [1.54, 1.807) is 0 Å². The van der Waals surface area contributed by atoms with Gasteiger partial charge in [-0.2, -0.15) is 0 Å². The summed E-state index contributed by atoms with van der Waals surface area (Å²) in [7, 11) is 0. The molecule has 18 heavy (non-hydrogen) atoms. The number of amides is 1. The van der Waals surface area contributed by atoms with Crippen LogP contribution in [0.25, 0.3) is 0 Å². The Bertz CT molecular complexity index is 309. The van der Waals surface area contributed by atoms with E-state index in [0.29, 0.717) is 31.2 Å². The Labute approximate surface area is 108 Å². The smallest absolute Gasteiger partial charge is 0.248 e. The standard InChI is InChI=1S/C14H23F2NO/c1-10-5-8-17(11(10)2)13(18)9-12-3-6-14(15,16)7-4-12/h10-12H,3-9H2,1-2H3/t10?,11-/m1/s1. The summed E-state index contributed by atoms with van der Waals surface area (Å²) < 4.78 is 26.1. The first kappa shape index (κ1) is 13.8. The lowest BCUT2D eigenvalue weighted by Gasteiger charge is -2.30. The summed E-state index contributed by atoms with van der Waals surface area (Å²) >= 11 is 0. The molecule has 1 unspecified atom stereocenters. The first-order chi connectivity index (χ1) is 8.39. The molecule has 1 heterocycles. The molecule has 104 valence electrons. The van der Waals surface area contributed by atoms with Gasteiger partial charge < -0.3 is 4.90 Å². The fourth-order valence-corrected chi connectivity index (χ4v) is 3.11. The van der Waals surface area contributed by atoms with E-state index in [1.807, 2.05) is 4.90 Å². The van der Waals surface area contributed by atoms with Crippen molar-refractivity contribution in [2.45, 2.75) is 64.3 Å². The molecule has 2 fully saturated rings. The highest BCUT2D eigenvalue weighted by molar-refractivity contribution is 5.77. The molecule has 0 aromatic heterocycles. The van der Waals surface area contributed by atoms with Gasteiger partial charge >= 0.3 is 0 Å². The number of alkyl halides is 2. The van der Waals surface area contributed by atoms with Crippen LogP contribution < -0.4 is 0 Å². The maximum atomic E-state index is 13.0. The number of halogens is 2. The van der Waals surface area contributed by atoms with Crippen LogP contribution in [0.1, 0.15) is 52.4 Å². The molecular formula is C14H23F2NO. The molecule has 2 nitrogen and oxygen atoms in total. The number of carbonyl (C=O) groups excluding carboxylic acids is 1. The largest absolute Gasteiger partial charge is 0.340 e. The molecule has 1 aliphatic carbocycles. The summed E-state index contributed by atoms with van der Waals surface area (Å²) in [6.07, 6.45) is 2.43. The highest BCUT2D eigenvalue weighted by Gasteiger charge is 2.37. The maximum Gasteiger partial charge on any atom is 0.248 e. The second-order valence-electron chi connectivity index (χ2n) is 6.10. The number of likely N-dealkylation sites (tertiary alicyclic amines) is 1. The number of carbonyl (C=O) groups is 1. The Hall–Kier alpha value is -0.670. The van der Waals surface area contributed by atoms with Crippen molar-refractivity contribution >= 4 is 5.91 Å². The van der Waals surface area contributed by atoms with Crippen molar-refractivity contribution in [2.75, 3.05) is 6.54 Å². The Kier molecular flexibility index (Phi) is 3.93. The van der Waals surface area contributed by atoms with Crippen LogP contribution in [0.5, 0.6) is 0 Å². The normalized spacial score (nSPS) is 32.8. The molecule has 1 saturated carbocycles. The van der Waals surface area contributed by atoms with Crippen molar-refractivity contribution < 1.29 is 13.6 Å². The van der Waals surface area contributed by atoms with E-state index in [0.717, 1.165) is 13.0 Å². The Morgan fingerprint density at radius 2 is 1.83 bits per heavy atom. The summed E-state index contributed by atoms with van der Waals surface area (Å²) in [5.74, 6) is -1.60. The van der Waals surface area contributed by atoms with E-state index < -0.39 is 5.92 Å². The summed E-state index contributed by atoms with van der Waals surface area (Å²) in [5.41, 5.74) is 0. The van der Waals surface area contributed by atoms with E-state index in [2.05, 4.69) is 13.8 Å². The molecule has 2 rings (SSSR count). The molecule has 0 spiro atoms. The van der Waals surface area contributed by atoms with Crippen molar-refractivity contribution in [1.82, 2.24) is 4.90 Å². The zero-order valence-corrected chi connectivity index (χ0v) is 11.3. The van der Waals surface area contributed by atoms with Gasteiger partial charge in [0.25, 0.3) is 0 Å². The maximum absolute atomic E-state index is 13.0. The number of hydrogen-bond acceptors (Lipinski definition) is 1. The van der Waals surface area contributed by atoms with E-state index in [4.69, 9.17) is 0 Å². The Morgan fingerprint density at radius 1 is 1.22 bits per heavy atom. The van der Waals surface area contributed by atoms with Gasteiger partial charge in [0, 0.05) is 31.8 Å². The minimum atomic E-state index is -2.49. The van der Waals surface area contributed by atoms with Crippen molar-refractivity contribution in [1.29, 1.82) is 0 Å². The monoisotopic (exact) mass is 259 g/mol. The summed E-state index contributed by atoms with van der Waals surface area (Å²) in [4.78, 5) is 14.1. The van der Waals surface area contributed by atoms with Crippen molar-refractivity contribution in [2.24, 2.45) is 11.8 Å². The lowest BCUT2D eigenvalue weighted by atomic mass is 9.84. The topological polar surface area (TPSA) is 20.3 Å². The number of hydrogen-bond donors (Lipinski definition) is 0. The molecule has 0 radical (unpaired) electrons. The van der Waals surface area contributed by atoms with Crippen LogP contribution in [-0.4, -0.2) is 29.3 Å². The first-order valence-electron chi connectivity index (χ1n) is 7.06. The highest BCUT2D eigenvalue weighted by Crippen LogP contribution is 2.38. The zero-order valence-electron chi connectivity index (χ0n) is 11.3. The van der Waals surface area contributed by atoms with Gasteiger partial charge in [-0.25, -0.2) is 8.78 Å². The molecule has 0 N–H and O–H groups in total. The summed E-state index contributed by atoms with van der Waals surface area (Å²) in [6, 6.07) is 0.308. The van der Waals surface area contributed by atoms with Gasteiger partial charge in [0.1, 0.15) is 0 Å². The van der Waals surface area contributed by atoms with Gasteiger partial charge in [0.05, 0.1) is 0 Å². The molecule has 0 aromatic rings. The van der Waals surface area contributed by atoms with Crippen LogP contribution in [0.2, 0.25) is 0 Å². The van der Waals surface area contributed by atoms with E-state index in [9.17, 15) is 13.6 Å². The molecule has 2 aliphatic rings. The van der Waals surface area contributed by atoms with Gasteiger partial charge in [0.15, 0.2) is 0 Å². The molecule has 1 amide bonds. The van der Waals surface area contributed by atoms with Crippen LogP contribution in [0.4, 0.5) is 8.78 Å². The fourth-order valence-electron chi connectivity index (χ4n) is 3.11. The minimum Gasteiger partial charge on any atom is -0.340 e. The molecule has 0 aromatic carbocycles. The van der Waals surface area contributed by atoms with E-state index in [-0.39, 0.29) is 24.7 Å². The van der Waals surface area contributed by atoms with Crippen LogP contribution in [0.3, 0.4) is 0 Å². The molecule has 2 atom stereocenters. The lowest BCUT2D eigenvalue weighted by Crippen LogP contribution is -2.37. The second kappa shape index (κ2) is 5.14. The SMILES string of the molecule is CC1CCN(C(=O)CC2CCC(F)(F)CC2)[C@@H]1C. The number of rotatable bonds is 2. The number of nitrogens with zero attached hydrogens (tertiary/aromatic N) is 1. The predicted octanol–water partition coefficient (Wildman–Crippen LogP) is 3.46. The lowest BCUT2D eigenvalue weighted by molar-refractivity contribution is -0.134. The van der Waals surface area contributed by atoms with Crippen molar-refractivity contribution in [3.8, 4) is 0 Å². The summed E-state index contributed by atoms with van der Waals surface area (Å²) in [5, 5.41) is 0. The molecule has 0 bridgehead atoms. The first-order valence-corrected chi connectivity index (χ1v) is 7.06. The van der Waals surface area contributed by atoms with Gasteiger partial charge in [-0.15, -0.1) is 0 Å². The van der Waals surface area contributed by atoms with Crippen LogP contribution in [-0.2, 0) is 4.79 Å². The molecule has 1 aliphatic heterocycles. The quantitative estimate of drug-likeness (QED) is 0.743. The van der Waals surface area contributed by atoms with Crippen LogP contribution in [0.15, 0.2) is 0 Å². The second-order valence-corrected chi connectivity index (χ2v) is 6.10. The average Bonchev–Trinajstić information content (AvgIpc) is 2.63. The summed E-state index contributed by atoms with van der Waals surface area (Å²) in [6.45, 7) is 5.09. The Balaban J connectivity index is 1.82. The van der Waals surface area contributed by atoms with Gasteiger partial charge in [0.2, 0.25) is 11.8 Å². The van der Waals surface area contributed by atoms with Gasteiger partial charge in [-0.3, -0.25) is 4.79 Å². The van der Waals surface area contributed by atoms with Crippen molar-refractivity contribution in [3.05, 3.63) is 0 Å². The third kappa shape index (κ3) is 3.01. The molecule has 1 saturated heterocycles. The van der Waals surface area contributed by atoms with Crippen molar-refractivity contribution in [3.63, 3.8) is 0 Å². The highest BCUT2D eigenvalue weighted by atomic mass is 19.3. The third-order valence-electron chi connectivity index (χ3n) is 4.76. The average molecular weight is 259 g/mol. The van der Waals surface area contributed by atoms with Gasteiger partial charge in [-0.1, -0.05) is 6.92 Å². The van der Waals surface area contributed by atoms with Gasteiger partial charge in [-0.05, 0) is 38.0 Å².